The Morgan fingerprint density at radius 1 is 1.36 bits per heavy atom. The molecule has 0 aliphatic rings. The van der Waals surface area contributed by atoms with Gasteiger partial charge in [-0.25, -0.2) is 0 Å². The van der Waals surface area contributed by atoms with Gasteiger partial charge >= 0.3 is 0 Å². The molecule has 2 nitrogen and oxygen atoms in total. The number of aromatic nitrogens is 1. The van der Waals surface area contributed by atoms with Crippen LogP contribution in [0, 0.1) is 0 Å². The van der Waals surface area contributed by atoms with Crippen LogP contribution in [0.2, 0.25) is 0 Å². The first-order chi connectivity index (χ1) is 5.42. The zero-order valence-corrected chi connectivity index (χ0v) is 7.23. The average molecular weight is 183 g/mol. The van der Waals surface area contributed by atoms with E-state index in [2.05, 4.69) is 16.8 Å². The largest absolute Gasteiger partial charge is 0.355 e. The van der Waals surface area contributed by atoms with Crippen molar-refractivity contribution in [3.05, 3.63) is 24.3 Å². The summed E-state index contributed by atoms with van der Waals surface area (Å²) in [7, 11) is 1.29. The minimum atomic E-state index is 0.809. The van der Waals surface area contributed by atoms with Crippen molar-refractivity contribution in [3.63, 3.8) is 0 Å². The molecule has 0 saturated heterocycles. The molecule has 11 heavy (non-hydrogen) atoms. The van der Waals surface area contributed by atoms with Gasteiger partial charge in [-0.3, -0.25) is 0 Å². The number of benzene rings is 1. The normalized spacial score (nSPS) is 10.6. The molecule has 1 aromatic heterocycles. The van der Waals surface area contributed by atoms with Crippen LogP contribution in [0.1, 0.15) is 0 Å². The second-order valence-electron chi connectivity index (χ2n) is 2.08. The van der Waals surface area contributed by atoms with Crippen molar-refractivity contribution in [2.24, 2.45) is 0 Å². The Morgan fingerprint density at radius 2 is 2.18 bits per heavy atom. The fourth-order valence-corrected chi connectivity index (χ4v) is 1.66. The van der Waals surface area contributed by atoms with Gasteiger partial charge in [0.2, 0.25) is 0 Å². The minimum Gasteiger partial charge on any atom is -0.355 e. The van der Waals surface area contributed by atoms with E-state index in [1.54, 1.807) is 0 Å². The maximum absolute atomic E-state index is 5.02. The molecular formula is C7H5NOS2. The van der Waals surface area contributed by atoms with Crippen LogP contribution >= 0.6 is 22.5 Å². The molecule has 0 aliphatic heterocycles. The highest BCUT2D eigenvalue weighted by Gasteiger charge is 2.04. The second kappa shape index (κ2) is 2.79. The SMILES string of the molecule is SSc1noc2ccccc12. The van der Waals surface area contributed by atoms with Gasteiger partial charge in [0.1, 0.15) is 0 Å². The Hall–Kier alpha value is -0.610. The van der Waals surface area contributed by atoms with Crippen LogP contribution in [0.5, 0.6) is 0 Å². The van der Waals surface area contributed by atoms with Crippen molar-refractivity contribution >= 4 is 33.4 Å². The number of hydrogen-bond donors (Lipinski definition) is 1. The average Bonchev–Trinajstić information content (AvgIpc) is 2.47. The van der Waals surface area contributed by atoms with E-state index in [9.17, 15) is 0 Å². The van der Waals surface area contributed by atoms with Crippen LogP contribution in [0.25, 0.3) is 11.0 Å². The summed E-state index contributed by atoms with van der Waals surface area (Å²) in [6.45, 7) is 0. The Morgan fingerprint density at radius 3 is 3.00 bits per heavy atom. The molecule has 2 rings (SSSR count). The Bertz CT molecular complexity index is 371. The van der Waals surface area contributed by atoms with Crippen LogP contribution in [0.15, 0.2) is 33.8 Å². The predicted molar refractivity (Wildman–Crippen MR) is 48.9 cm³/mol. The quantitative estimate of drug-likeness (QED) is 0.544. The van der Waals surface area contributed by atoms with Crippen molar-refractivity contribution in [2.75, 3.05) is 0 Å². The van der Waals surface area contributed by atoms with E-state index < -0.39 is 0 Å². The van der Waals surface area contributed by atoms with Crippen molar-refractivity contribution in [1.29, 1.82) is 0 Å². The topological polar surface area (TPSA) is 26.0 Å². The molecule has 56 valence electrons. The predicted octanol–water partition coefficient (Wildman–Crippen LogP) is 2.76. The highest BCUT2D eigenvalue weighted by molar-refractivity contribution is 8.68. The first-order valence-electron chi connectivity index (χ1n) is 3.07. The monoisotopic (exact) mass is 183 g/mol. The van der Waals surface area contributed by atoms with E-state index in [1.165, 1.54) is 10.8 Å². The molecule has 0 unspecified atom stereocenters. The van der Waals surface area contributed by atoms with Crippen LogP contribution in [0.4, 0.5) is 0 Å². The number of fused-ring (bicyclic) bond motifs is 1. The zero-order chi connectivity index (χ0) is 7.68. The third kappa shape index (κ3) is 1.12. The fourth-order valence-electron chi connectivity index (χ4n) is 0.929. The van der Waals surface area contributed by atoms with E-state index in [-0.39, 0.29) is 0 Å². The molecule has 2 aromatic rings. The smallest absolute Gasteiger partial charge is 0.168 e. The molecule has 1 heterocycles. The summed E-state index contributed by atoms with van der Waals surface area (Å²) in [6.07, 6.45) is 0. The summed E-state index contributed by atoms with van der Waals surface area (Å²) in [5.74, 6) is 0. The molecule has 0 N–H and O–H groups in total. The molecule has 1 aromatic carbocycles. The van der Waals surface area contributed by atoms with Crippen LogP contribution < -0.4 is 0 Å². The van der Waals surface area contributed by atoms with Gasteiger partial charge in [0.15, 0.2) is 10.6 Å². The Balaban J connectivity index is 2.76. The second-order valence-corrected chi connectivity index (χ2v) is 3.19. The fraction of sp³-hybridized carbons (Fsp3) is 0. The first kappa shape index (κ1) is 7.06. The molecule has 0 amide bonds. The molecule has 0 saturated carbocycles. The van der Waals surface area contributed by atoms with Gasteiger partial charge in [-0.1, -0.05) is 17.3 Å². The molecule has 0 atom stereocenters. The van der Waals surface area contributed by atoms with Gasteiger partial charge in [0, 0.05) is 0 Å². The molecular weight excluding hydrogens is 178 g/mol. The Kier molecular flexibility index (Phi) is 1.79. The van der Waals surface area contributed by atoms with Gasteiger partial charge in [-0.15, -0.1) is 11.7 Å². The van der Waals surface area contributed by atoms with E-state index in [0.717, 1.165) is 16.0 Å². The van der Waals surface area contributed by atoms with E-state index >= 15 is 0 Å². The zero-order valence-electron chi connectivity index (χ0n) is 5.52. The first-order valence-corrected chi connectivity index (χ1v) is 4.94. The highest BCUT2D eigenvalue weighted by atomic mass is 33.1. The molecule has 0 bridgehead atoms. The third-order valence-electron chi connectivity index (χ3n) is 1.43. The van der Waals surface area contributed by atoms with Crippen LogP contribution in [-0.2, 0) is 0 Å². The molecule has 0 fully saturated rings. The summed E-state index contributed by atoms with van der Waals surface area (Å²) < 4.78 is 5.02. The molecule has 4 heteroatoms. The molecule has 0 spiro atoms. The lowest BCUT2D eigenvalue weighted by Gasteiger charge is -1.84. The highest BCUT2D eigenvalue weighted by Crippen LogP contribution is 2.28. The lowest BCUT2D eigenvalue weighted by molar-refractivity contribution is 0.437. The maximum atomic E-state index is 5.02. The van der Waals surface area contributed by atoms with E-state index in [0.29, 0.717) is 0 Å². The summed E-state index contributed by atoms with van der Waals surface area (Å²) in [6, 6.07) is 7.72. The molecule has 0 aliphatic carbocycles. The van der Waals surface area contributed by atoms with Crippen LogP contribution in [-0.4, -0.2) is 5.16 Å². The lowest BCUT2D eigenvalue weighted by atomic mass is 10.3. The van der Waals surface area contributed by atoms with Crippen LogP contribution in [0.3, 0.4) is 0 Å². The number of para-hydroxylation sites is 1. The molecule has 0 radical (unpaired) electrons. The van der Waals surface area contributed by atoms with E-state index in [4.69, 9.17) is 4.52 Å². The Labute approximate surface area is 72.8 Å². The summed E-state index contributed by atoms with van der Waals surface area (Å²) in [4.78, 5) is 0. The van der Waals surface area contributed by atoms with E-state index in [1.807, 2.05) is 24.3 Å². The lowest BCUT2D eigenvalue weighted by Crippen LogP contribution is -1.64. The van der Waals surface area contributed by atoms with Crippen molar-refractivity contribution in [3.8, 4) is 0 Å². The third-order valence-corrected chi connectivity index (χ3v) is 2.42. The van der Waals surface area contributed by atoms with Gasteiger partial charge in [0.25, 0.3) is 0 Å². The number of rotatable bonds is 1. The number of nitrogens with zero attached hydrogens (tertiary/aromatic N) is 1. The summed E-state index contributed by atoms with van der Waals surface area (Å²) in [5, 5.41) is 5.67. The van der Waals surface area contributed by atoms with Crippen molar-refractivity contribution in [1.82, 2.24) is 5.16 Å². The van der Waals surface area contributed by atoms with Crippen molar-refractivity contribution < 1.29 is 4.52 Å². The van der Waals surface area contributed by atoms with Gasteiger partial charge < -0.3 is 4.52 Å². The summed E-state index contributed by atoms with van der Waals surface area (Å²) in [5.41, 5.74) is 0.809. The van der Waals surface area contributed by atoms with Crippen molar-refractivity contribution in [2.45, 2.75) is 5.03 Å². The maximum Gasteiger partial charge on any atom is 0.168 e. The number of hydrogen-bond acceptors (Lipinski definition) is 4. The van der Waals surface area contributed by atoms with Gasteiger partial charge in [0.05, 0.1) is 5.39 Å². The standard InChI is InChI=1S/C7H5NOS2/c10-11-7-5-3-1-2-4-6(5)9-8-7/h1-4,10H. The van der Waals surface area contributed by atoms with Gasteiger partial charge in [-0.2, -0.15) is 0 Å². The summed E-state index contributed by atoms with van der Waals surface area (Å²) >= 11 is 4.05. The minimum absolute atomic E-state index is 0.809. The van der Waals surface area contributed by atoms with Gasteiger partial charge in [-0.05, 0) is 22.9 Å². The number of thiol groups is 1.